The summed E-state index contributed by atoms with van der Waals surface area (Å²) in [6.07, 6.45) is 2.22. The Balaban J connectivity index is 0.00000242. The van der Waals surface area contributed by atoms with Gasteiger partial charge in [0.1, 0.15) is 5.75 Å². The highest BCUT2D eigenvalue weighted by atomic mass is 127. The van der Waals surface area contributed by atoms with Crippen LogP contribution in [-0.2, 0) is 11.3 Å². The molecule has 6 heteroatoms. The third-order valence-corrected chi connectivity index (χ3v) is 3.79. The maximum Gasteiger partial charge on any atom is 0.191 e. The number of para-hydroxylation sites is 1. The number of halogens is 1. The lowest BCUT2D eigenvalue weighted by molar-refractivity contribution is 0.0243. The first-order chi connectivity index (χ1) is 10.2. The predicted octanol–water partition coefficient (Wildman–Crippen LogP) is 2.55. The molecular weight excluding hydrogens is 393 g/mol. The van der Waals surface area contributed by atoms with Crippen LogP contribution in [0.15, 0.2) is 29.3 Å². The van der Waals surface area contributed by atoms with Gasteiger partial charge in [-0.15, -0.1) is 24.0 Å². The van der Waals surface area contributed by atoms with E-state index in [9.17, 15) is 0 Å². The summed E-state index contributed by atoms with van der Waals surface area (Å²) < 4.78 is 11.1. The SMILES string of the molecule is CN=C(NCc1ccccc1OC)NCC1(C)CCCO1.I. The van der Waals surface area contributed by atoms with E-state index < -0.39 is 0 Å². The molecule has 1 unspecified atom stereocenters. The van der Waals surface area contributed by atoms with Crippen molar-refractivity contribution in [3.05, 3.63) is 29.8 Å². The van der Waals surface area contributed by atoms with Crippen molar-refractivity contribution in [3.8, 4) is 5.75 Å². The van der Waals surface area contributed by atoms with Crippen molar-refractivity contribution in [1.29, 1.82) is 0 Å². The van der Waals surface area contributed by atoms with Gasteiger partial charge < -0.3 is 20.1 Å². The van der Waals surface area contributed by atoms with E-state index in [2.05, 4.69) is 22.5 Å². The molecule has 0 radical (unpaired) electrons. The molecule has 2 rings (SSSR count). The van der Waals surface area contributed by atoms with Gasteiger partial charge >= 0.3 is 0 Å². The summed E-state index contributed by atoms with van der Waals surface area (Å²) in [6.45, 7) is 4.42. The van der Waals surface area contributed by atoms with E-state index in [-0.39, 0.29) is 29.6 Å². The molecule has 124 valence electrons. The summed E-state index contributed by atoms with van der Waals surface area (Å²) in [6, 6.07) is 7.97. The smallest absolute Gasteiger partial charge is 0.191 e. The van der Waals surface area contributed by atoms with Gasteiger partial charge in [0.25, 0.3) is 0 Å². The number of ether oxygens (including phenoxy) is 2. The lowest BCUT2D eigenvalue weighted by Crippen LogP contribution is -2.45. The fraction of sp³-hybridized carbons (Fsp3) is 0.562. The molecule has 0 spiro atoms. The van der Waals surface area contributed by atoms with Crippen LogP contribution < -0.4 is 15.4 Å². The molecule has 0 amide bonds. The Bertz CT molecular complexity index is 488. The minimum atomic E-state index is -0.0813. The molecule has 1 aromatic rings. The normalized spacial score (nSPS) is 21.1. The molecule has 1 aliphatic heterocycles. The lowest BCUT2D eigenvalue weighted by atomic mass is 10.0. The van der Waals surface area contributed by atoms with E-state index in [1.165, 1.54) is 0 Å². The maximum absolute atomic E-state index is 5.77. The number of aliphatic imine (C=N–C) groups is 1. The minimum absolute atomic E-state index is 0. The number of nitrogens with zero attached hydrogens (tertiary/aromatic N) is 1. The van der Waals surface area contributed by atoms with E-state index in [0.717, 1.165) is 43.3 Å². The minimum Gasteiger partial charge on any atom is -0.496 e. The quantitative estimate of drug-likeness (QED) is 0.438. The molecule has 1 fully saturated rings. The van der Waals surface area contributed by atoms with Gasteiger partial charge in [0.2, 0.25) is 0 Å². The summed E-state index contributed by atoms with van der Waals surface area (Å²) >= 11 is 0. The van der Waals surface area contributed by atoms with Crippen molar-refractivity contribution in [3.63, 3.8) is 0 Å². The molecule has 0 aliphatic carbocycles. The molecule has 5 nitrogen and oxygen atoms in total. The molecular formula is C16H26IN3O2. The van der Waals surface area contributed by atoms with Gasteiger partial charge in [0, 0.05) is 32.3 Å². The fourth-order valence-electron chi connectivity index (χ4n) is 2.50. The zero-order valence-corrected chi connectivity index (χ0v) is 15.8. The molecule has 0 aromatic heterocycles. The van der Waals surface area contributed by atoms with E-state index >= 15 is 0 Å². The van der Waals surface area contributed by atoms with Gasteiger partial charge in [0.15, 0.2) is 5.96 Å². The summed E-state index contributed by atoms with van der Waals surface area (Å²) in [5, 5.41) is 6.64. The fourth-order valence-corrected chi connectivity index (χ4v) is 2.50. The molecule has 0 bridgehead atoms. The summed E-state index contributed by atoms with van der Waals surface area (Å²) in [7, 11) is 3.46. The second-order valence-corrected chi connectivity index (χ2v) is 5.49. The summed E-state index contributed by atoms with van der Waals surface area (Å²) in [5.74, 6) is 1.66. The number of benzene rings is 1. The van der Waals surface area contributed by atoms with Crippen molar-refractivity contribution in [1.82, 2.24) is 10.6 Å². The molecule has 1 saturated heterocycles. The Morgan fingerprint density at radius 3 is 2.77 bits per heavy atom. The Morgan fingerprint density at radius 2 is 2.14 bits per heavy atom. The van der Waals surface area contributed by atoms with E-state index in [1.54, 1.807) is 14.2 Å². The van der Waals surface area contributed by atoms with Crippen molar-refractivity contribution in [2.45, 2.75) is 31.9 Å². The molecule has 22 heavy (non-hydrogen) atoms. The Kier molecular flexibility index (Phi) is 7.95. The number of guanidine groups is 1. The molecule has 1 aromatic carbocycles. The number of hydrogen-bond donors (Lipinski definition) is 2. The van der Waals surface area contributed by atoms with Gasteiger partial charge in [-0.1, -0.05) is 18.2 Å². The summed E-state index contributed by atoms with van der Waals surface area (Å²) in [5.41, 5.74) is 1.02. The van der Waals surface area contributed by atoms with Crippen molar-refractivity contribution >= 4 is 29.9 Å². The Morgan fingerprint density at radius 1 is 1.36 bits per heavy atom. The van der Waals surface area contributed by atoms with Crippen LogP contribution in [0, 0.1) is 0 Å². The molecule has 0 saturated carbocycles. The Hall–Kier alpha value is -1.02. The largest absolute Gasteiger partial charge is 0.496 e. The van der Waals surface area contributed by atoms with E-state index in [1.807, 2.05) is 24.3 Å². The third kappa shape index (κ3) is 5.31. The second-order valence-electron chi connectivity index (χ2n) is 5.49. The number of nitrogens with one attached hydrogen (secondary N) is 2. The zero-order valence-electron chi connectivity index (χ0n) is 13.5. The molecule has 1 atom stereocenters. The highest BCUT2D eigenvalue weighted by molar-refractivity contribution is 14.0. The first kappa shape index (κ1) is 19.0. The number of rotatable bonds is 5. The third-order valence-electron chi connectivity index (χ3n) is 3.79. The highest BCUT2D eigenvalue weighted by Gasteiger charge is 2.29. The van der Waals surface area contributed by atoms with Crippen LogP contribution in [-0.4, -0.2) is 38.9 Å². The van der Waals surface area contributed by atoms with Crippen LogP contribution in [0.2, 0.25) is 0 Å². The predicted molar refractivity (Wildman–Crippen MR) is 100 cm³/mol. The highest BCUT2D eigenvalue weighted by Crippen LogP contribution is 2.23. The summed E-state index contributed by atoms with van der Waals surface area (Å²) in [4.78, 5) is 4.25. The first-order valence-electron chi connectivity index (χ1n) is 7.37. The van der Waals surface area contributed by atoms with Gasteiger partial charge in [-0.2, -0.15) is 0 Å². The monoisotopic (exact) mass is 419 g/mol. The maximum atomic E-state index is 5.77. The number of hydrogen-bond acceptors (Lipinski definition) is 3. The van der Waals surface area contributed by atoms with Crippen LogP contribution in [0.1, 0.15) is 25.3 Å². The van der Waals surface area contributed by atoms with Crippen LogP contribution in [0.5, 0.6) is 5.75 Å². The van der Waals surface area contributed by atoms with Gasteiger partial charge in [-0.25, -0.2) is 0 Å². The topological polar surface area (TPSA) is 54.9 Å². The van der Waals surface area contributed by atoms with Gasteiger partial charge in [-0.3, -0.25) is 4.99 Å². The Labute approximate surface area is 149 Å². The molecule has 1 heterocycles. The first-order valence-corrected chi connectivity index (χ1v) is 7.37. The van der Waals surface area contributed by atoms with E-state index in [4.69, 9.17) is 9.47 Å². The van der Waals surface area contributed by atoms with E-state index in [0.29, 0.717) is 6.54 Å². The van der Waals surface area contributed by atoms with Crippen LogP contribution in [0.25, 0.3) is 0 Å². The molecule has 2 N–H and O–H groups in total. The van der Waals surface area contributed by atoms with Crippen LogP contribution in [0.4, 0.5) is 0 Å². The molecule has 1 aliphatic rings. The van der Waals surface area contributed by atoms with Crippen molar-refractivity contribution < 1.29 is 9.47 Å². The lowest BCUT2D eigenvalue weighted by Gasteiger charge is -2.24. The number of methoxy groups -OCH3 is 1. The van der Waals surface area contributed by atoms with Gasteiger partial charge in [-0.05, 0) is 25.8 Å². The zero-order chi connectivity index (χ0) is 15.1. The van der Waals surface area contributed by atoms with Gasteiger partial charge in [0.05, 0.1) is 12.7 Å². The van der Waals surface area contributed by atoms with Crippen LogP contribution >= 0.6 is 24.0 Å². The van der Waals surface area contributed by atoms with Crippen molar-refractivity contribution in [2.24, 2.45) is 4.99 Å². The second kappa shape index (κ2) is 9.19. The van der Waals surface area contributed by atoms with Crippen molar-refractivity contribution in [2.75, 3.05) is 27.3 Å². The van der Waals surface area contributed by atoms with Crippen LogP contribution in [0.3, 0.4) is 0 Å². The average Bonchev–Trinajstić information content (AvgIpc) is 2.95. The standard InChI is InChI=1S/C16H25N3O2.HI/c1-16(9-6-10-21-16)12-19-15(17-2)18-11-13-7-4-5-8-14(13)20-3;/h4-5,7-8H,6,9-12H2,1-3H3,(H2,17,18,19);1H. The average molecular weight is 419 g/mol.